The molecule has 0 aliphatic heterocycles. The fourth-order valence-corrected chi connectivity index (χ4v) is 2.80. The Balaban J connectivity index is 2.29. The van der Waals surface area contributed by atoms with E-state index in [1.165, 1.54) is 0 Å². The van der Waals surface area contributed by atoms with Gasteiger partial charge in [-0.3, -0.25) is 9.59 Å². The van der Waals surface area contributed by atoms with E-state index in [9.17, 15) is 9.59 Å². The molecule has 0 saturated heterocycles. The SMILES string of the molecule is CCCNC(=O)C(C)n1c(C)cc2c1CCCC2=O. The number of nitrogens with zero attached hydrogens (tertiary/aromatic N) is 1. The molecule has 0 aromatic carbocycles. The number of fused-ring (bicyclic) bond motifs is 1. The van der Waals surface area contributed by atoms with Crippen molar-refractivity contribution in [2.24, 2.45) is 0 Å². The highest BCUT2D eigenvalue weighted by Crippen LogP contribution is 2.28. The number of aromatic nitrogens is 1. The third-order valence-electron chi connectivity index (χ3n) is 3.77. The highest BCUT2D eigenvalue weighted by atomic mass is 16.2. The summed E-state index contributed by atoms with van der Waals surface area (Å²) in [6, 6.07) is 1.68. The molecular weight excluding hydrogens is 240 g/mol. The van der Waals surface area contributed by atoms with Crippen molar-refractivity contribution in [3.05, 3.63) is 23.0 Å². The maximum atomic E-state index is 12.1. The van der Waals surface area contributed by atoms with Gasteiger partial charge in [-0.2, -0.15) is 0 Å². The van der Waals surface area contributed by atoms with Gasteiger partial charge in [0, 0.05) is 29.9 Å². The van der Waals surface area contributed by atoms with E-state index in [2.05, 4.69) is 5.32 Å². The first-order valence-electron chi connectivity index (χ1n) is 7.07. The van der Waals surface area contributed by atoms with Crippen LogP contribution in [0.25, 0.3) is 0 Å². The summed E-state index contributed by atoms with van der Waals surface area (Å²) < 4.78 is 2.03. The average molecular weight is 262 g/mol. The normalized spacial score (nSPS) is 16.1. The molecule has 2 rings (SSSR count). The number of ketones is 1. The van der Waals surface area contributed by atoms with Crippen LogP contribution in [-0.2, 0) is 11.2 Å². The molecule has 19 heavy (non-hydrogen) atoms. The van der Waals surface area contributed by atoms with Crippen molar-refractivity contribution in [3.8, 4) is 0 Å². The Morgan fingerprint density at radius 3 is 2.89 bits per heavy atom. The van der Waals surface area contributed by atoms with Crippen molar-refractivity contribution in [2.45, 2.75) is 52.5 Å². The highest BCUT2D eigenvalue weighted by Gasteiger charge is 2.26. The molecule has 0 radical (unpaired) electrons. The molecule has 1 aromatic heterocycles. The fraction of sp³-hybridized carbons (Fsp3) is 0.600. The van der Waals surface area contributed by atoms with E-state index in [4.69, 9.17) is 0 Å². The zero-order valence-corrected chi connectivity index (χ0v) is 12.0. The molecule has 4 nitrogen and oxygen atoms in total. The lowest BCUT2D eigenvalue weighted by Crippen LogP contribution is -2.33. The maximum absolute atomic E-state index is 12.1. The van der Waals surface area contributed by atoms with E-state index in [1.807, 2.05) is 31.4 Å². The van der Waals surface area contributed by atoms with Crippen LogP contribution in [0, 0.1) is 6.92 Å². The number of Topliss-reactive ketones (excluding diaryl/α,β-unsaturated/α-hetero) is 1. The van der Waals surface area contributed by atoms with E-state index in [-0.39, 0.29) is 17.7 Å². The first kappa shape index (κ1) is 13.8. The molecule has 1 unspecified atom stereocenters. The first-order valence-corrected chi connectivity index (χ1v) is 7.07. The monoisotopic (exact) mass is 262 g/mol. The van der Waals surface area contributed by atoms with Crippen LogP contribution in [0.1, 0.15) is 60.9 Å². The molecule has 1 atom stereocenters. The van der Waals surface area contributed by atoms with Gasteiger partial charge in [0.2, 0.25) is 5.91 Å². The van der Waals surface area contributed by atoms with Crippen LogP contribution in [0.3, 0.4) is 0 Å². The quantitative estimate of drug-likeness (QED) is 0.906. The molecule has 4 heteroatoms. The van der Waals surface area contributed by atoms with Gasteiger partial charge in [-0.25, -0.2) is 0 Å². The van der Waals surface area contributed by atoms with Crippen LogP contribution >= 0.6 is 0 Å². The molecule has 1 aliphatic carbocycles. The highest BCUT2D eigenvalue weighted by molar-refractivity contribution is 5.98. The second-order valence-corrected chi connectivity index (χ2v) is 5.26. The molecule has 0 bridgehead atoms. The van der Waals surface area contributed by atoms with Crippen LogP contribution in [0.2, 0.25) is 0 Å². The van der Waals surface area contributed by atoms with Crippen molar-refractivity contribution in [1.82, 2.24) is 9.88 Å². The standard InChI is InChI=1S/C15H22N2O2/c1-4-8-16-15(19)11(3)17-10(2)9-12-13(17)6-5-7-14(12)18/h9,11H,4-8H2,1-3H3,(H,16,19). The molecule has 1 aromatic rings. The van der Waals surface area contributed by atoms with Crippen LogP contribution in [0.5, 0.6) is 0 Å². The van der Waals surface area contributed by atoms with Gasteiger partial charge < -0.3 is 9.88 Å². The largest absolute Gasteiger partial charge is 0.354 e. The van der Waals surface area contributed by atoms with Gasteiger partial charge in [0.15, 0.2) is 5.78 Å². The molecule has 1 N–H and O–H groups in total. The lowest BCUT2D eigenvalue weighted by atomic mass is 9.96. The molecule has 104 valence electrons. The summed E-state index contributed by atoms with van der Waals surface area (Å²) in [5.74, 6) is 0.241. The van der Waals surface area contributed by atoms with E-state index in [0.717, 1.165) is 36.2 Å². The van der Waals surface area contributed by atoms with Gasteiger partial charge in [-0.1, -0.05) is 6.92 Å². The Kier molecular flexibility index (Phi) is 4.08. The first-order chi connectivity index (χ1) is 9.06. The number of rotatable bonds is 4. The van der Waals surface area contributed by atoms with Gasteiger partial charge in [0.25, 0.3) is 0 Å². The van der Waals surface area contributed by atoms with E-state index >= 15 is 0 Å². The van der Waals surface area contributed by atoms with Crippen LogP contribution in [0.15, 0.2) is 6.07 Å². The summed E-state index contributed by atoms with van der Waals surface area (Å²) in [6.45, 7) is 6.60. The average Bonchev–Trinajstić information content (AvgIpc) is 2.73. The number of nitrogens with one attached hydrogen (secondary N) is 1. The van der Waals surface area contributed by atoms with E-state index in [1.54, 1.807) is 0 Å². The maximum Gasteiger partial charge on any atom is 0.242 e. The second kappa shape index (κ2) is 5.59. The van der Waals surface area contributed by atoms with E-state index in [0.29, 0.717) is 13.0 Å². The summed E-state index contributed by atoms with van der Waals surface area (Å²) in [6.07, 6.45) is 3.34. The number of hydrogen-bond acceptors (Lipinski definition) is 2. The van der Waals surface area contributed by atoms with Crippen LogP contribution < -0.4 is 5.32 Å². The van der Waals surface area contributed by atoms with E-state index < -0.39 is 0 Å². The van der Waals surface area contributed by atoms with Gasteiger partial charge in [-0.15, -0.1) is 0 Å². The summed E-state index contributed by atoms with van der Waals surface area (Å²) in [7, 11) is 0. The van der Waals surface area contributed by atoms with Gasteiger partial charge in [-0.05, 0) is 39.2 Å². The lowest BCUT2D eigenvalue weighted by molar-refractivity contribution is -0.123. The minimum absolute atomic E-state index is 0.0290. The van der Waals surface area contributed by atoms with Gasteiger partial charge in [0.1, 0.15) is 6.04 Å². The molecule has 0 saturated carbocycles. The lowest BCUT2D eigenvalue weighted by Gasteiger charge is -2.21. The Bertz CT molecular complexity index is 502. The Morgan fingerprint density at radius 2 is 2.21 bits per heavy atom. The Hall–Kier alpha value is -1.58. The summed E-state index contributed by atoms with van der Waals surface area (Å²) in [5.41, 5.74) is 2.85. The number of carbonyl (C=O) groups excluding carboxylic acids is 2. The molecule has 1 amide bonds. The van der Waals surface area contributed by atoms with Crippen LogP contribution in [-0.4, -0.2) is 22.8 Å². The topological polar surface area (TPSA) is 51.1 Å². The summed E-state index contributed by atoms with van der Waals surface area (Å²) >= 11 is 0. The number of amides is 1. The zero-order valence-electron chi connectivity index (χ0n) is 12.0. The second-order valence-electron chi connectivity index (χ2n) is 5.26. The fourth-order valence-electron chi connectivity index (χ4n) is 2.80. The van der Waals surface area contributed by atoms with Crippen molar-refractivity contribution in [3.63, 3.8) is 0 Å². The smallest absolute Gasteiger partial charge is 0.242 e. The predicted octanol–water partition coefficient (Wildman–Crippen LogP) is 2.40. The van der Waals surface area contributed by atoms with Crippen molar-refractivity contribution in [2.75, 3.05) is 6.54 Å². The number of aryl methyl sites for hydroxylation is 1. The van der Waals surface area contributed by atoms with Crippen molar-refractivity contribution < 1.29 is 9.59 Å². The van der Waals surface area contributed by atoms with Gasteiger partial charge in [0.05, 0.1) is 0 Å². The Morgan fingerprint density at radius 1 is 1.47 bits per heavy atom. The summed E-state index contributed by atoms with van der Waals surface area (Å²) in [4.78, 5) is 24.0. The Labute approximate surface area is 114 Å². The molecule has 1 aliphatic rings. The number of carbonyl (C=O) groups is 2. The third-order valence-corrected chi connectivity index (χ3v) is 3.77. The van der Waals surface area contributed by atoms with Gasteiger partial charge >= 0.3 is 0 Å². The molecular formula is C15H22N2O2. The molecule has 0 spiro atoms. The van der Waals surface area contributed by atoms with Crippen molar-refractivity contribution >= 4 is 11.7 Å². The predicted molar refractivity (Wildman–Crippen MR) is 74.4 cm³/mol. The molecule has 0 fully saturated rings. The van der Waals surface area contributed by atoms with Crippen molar-refractivity contribution in [1.29, 1.82) is 0 Å². The minimum atomic E-state index is -0.249. The summed E-state index contributed by atoms with van der Waals surface area (Å²) in [5, 5.41) is 2.92. The minimum Gasteiger partial charge on any atom is -0.354 e. The molecule has 1 heterocycles. The third kappa shape index (κ3) is 2.57. The number of hydrogen-bond donors (Lipinski definition) is 1. The van der Waals surface area contributed by atoms with Crippen LogP contribution in [0.4, 0.5) is 0 Å². The zero-order chi connectivity index (χ0) is 14.0.